The van der Waals surface area contributed by atoms with Crippen molar-refractivity contribution in [3.8, 4) is 0 Å². The molecule has 3 heteroatoms. The molecular formula is C14H19F2N. The molecule has 0 spiro atoms. The van der Waals surface area contributed by atoms with Crippen LogP contribution in [0.3, 0.4) is 0 Å². The lowest BCUT2D eigenvalue weighted by atomic mass is 9.87. The van der Waals surface area contributed by atoms with Crippen LogP contribution >= 0.6 is 0 Å². The molecule has 0 bridgehead atoms. The lowest BCUT2D eigenvalue weighted by Crippen LogP contribution is -2.12. The maximum atomic E-state index is 12.9. The van der Waals surface area contributed by atoms with Gasteiger partial charge in [0.05, 0.1) is 0 Å². The zero-order valence-corrected chi connectivity index (χ0v) is 10.0. The predicted molar refractivity (Wildman–Crippen MR) is 66.0 cm³/mol. The van der Waals surface area contributed by atoms with Gasteiger partial charge in [0.15, 0.2) is 0 Å². The van der Waals surface area contributed by atoms with Gasteiger partial charge in [-0.1, -0.05) is 32.1 Å². The minimum absolute atomic E-state index is 0.523. The van der Waals surface area contributed by atoms with Crippen LogP contribution in [0.4, 0.5) is 14.5 Å². The summed E-state index contributed by atoms with van der Waals surface area (Å²) in [5.41, 5.74) is 0.540. The van der Waals surface area contributed by atoms with Gasteiger partial charge in [-0.25, -0.2) is 8.78 Å². The van der Waals surface area contributed by atoms with E-state index in [2.05, 4.69) is 5.32 Å². The molecule has 0 aliphatic heterocycles. The summed E-state index contributed by atoms with van der Waals surface area (Å²) in [4.78, 5) is 0. The first kappa shape index (κ1) is 12.3. The van der Waals surface area contributed by atoms with Crippen LogP contribution in [0.1, 0.15) is 38.5 Å². The van der Waals surface area contributed by atoms with E-state index in [1.807, 2.05) is 0 Å². The van der Waals surface area contributed by atoms with Crippen molar-refractivity contribution in [1.82, 2.24) is 0 Å². The molecule has 94 valence electrons. The number of benzene rings is 1. The first-order valence-corrected chi connectivity index (χ1v) is 6.44. The highest BCUT2D eigenvalue weighted by atomic mass is 19.1. The second-order valence-corrected chi connectivity index (χ2v) is 4.88. The molecule has 0 saturated heterocycles. The molecule has 1 aromatic rings. The smallest absolute Gasteiger partial charge is 0.128 e. The van der Waals surface area contributed by atoms with Crippen LogP contribution in [0, 0.1) is 17.6 Å². The molecule has 0 aromatic heterocycles. The van der Waals surface area contributed by atoms with Crippen LogP contribution < -0.4 is 5.32 Å². The van der Waals surface area contributed by atoms with Crippen LogP contribution in [0.15, 0.2) is 18.2 Å². The van der Waals surface area contributed by atoms with Gasteiger partial charge < -0.3 is 5.32 Å². The van der Waals surface area contributed by atoms with E-state index in [0.29, 0.717) is 5.69 Å². The highest BCUT2D eigenvalue weighted by Gasteiger charge is 2.12. The van der Waals surface area contributed by atoms with Crippen LogP contribution in [0.2, 0.25) is 0 Å². The molecule has 1 aliphatic carbocycles. The molecule has 2 rings (SSSR count). The van der Waals surface area contributed by atoms with Gasteiger partial charge in [0.25, 0.3) is 0 Å². The standard InChI is InChI=1S/C14H19F2N/c15-12-8-13(16)10-14(9-12)17-7-6-11-4-2-1-3-5-11/h8-11,17H,1-7H2. The molecule has 0 atom stereocenters. The average molecular weight is 239 g/mol. The van der Waals surface area contributed by atoms with Crippen LogP contribution in [-0.2, 0) is 0 Å². The molecule has 17 heavy (non-hydrogen) atoms. The topological polar surface area (TPSA) is 12.0 Å². The van der Waals surface area contributed by atoms with Gasteiger partial charge in [0.2, 0.25) is 0 Å². The summed E-state index contributed by atoms with van der Waals surface area (Å²) in [5.74, 6) is -0.259. The Morgan fingerprint density at radius 3 is 2.29 bits per heavy atom. The Bertz CT molecular complexity index is 339. The van der Waals surface area contributed by atoms with Gasteiger partial charge in [-0.2, -0.15) is 0 Å². The first-order chi connectivity index (χ1) is 8.24. The third-order valence-electron chi connectivity index (χ3n) is 3.47. The van der Waals surface area contributed by atoms with Gasteiger partial charge in [0, 0.05) is 18.3 Å². The van der Waals surface area contributed by atoms with Crippen molar-refractivity contribution in [1.29, 1.82) is 0 Å². The van der Waals surface area contributed by atoms with E-state index in [1.165, 1.54) is 44.2 Å². The third-order valence-corrected chi connectivity index (χ3v) is 3.47. The van der Waals surface area contributed by atoms with Crippen molar-refractivity contribution in [3.05, 3.63) is 29.8 Å². The van der Waals surface area contributed by atoms with Crippen LogP contribution in [0.25, 0.3) is 0 Å². The maximum absolute atomic E-state index is 12.9. The SMILES string of the molecule is Fc1cc(F)cc(NCCC2CCCCC2)c1. The Hall–Kier alpha value is -1.12. The van der Waals surface area contributed by atoms with E-state index < -0.39 is 11.6 Å². The fourth-order valence-corrected chi connectivity index (χ4v) is 2.55. The zero-order chi connectivity index (χ0) is 12.1. The Morgan fingerprint density at radius 2 is 1.65 bits per heavy atom. The van der Waals surface area contributed by atoms with Gasteiger partial charge in [0.1, 0.15) is 11.6 Å². The van der Waals surface area contributed by atoms with E-state index in [1.54, 1.807) is 0 Å². The van der Waals surface area contributed by atoms with E-state index in [-0.39, 0.29) is 0 Å². The normalized spacial score (nSPS) is 17.1. The summed E-state index contributed by atoms with van der Waals surface area (Å²) in [5, 5.41) is 3.09. The van der Waals surface area contributed by atoms with Crippen molar-refractivity contribution in [2.45, 2.75) is 38.5 Å². The number of hydrogen-bond acceptors (Lipinski definition) is 1. The predicted octanol–water partition coefficient (Wildman–Crippen LogP) is 4.35. The number of anilines is 1. The van der Waals surface area contributed by atoms with Crippen molar-refractivity contribution in [2.75, 3.05) is 11.9 Å². The van der Waals surface area contributed by atoms with E-state index in [9.17, 15) is 8.78 Å². The minimum atomic E-state index is -0.523. The van der Waals surface area contributed by atoms with Crippen molar-refractivity contribution < 1.29 is 8.78 Å². The molecule has 1 aliphatic rings. The summed E-state index contributed by atoms with van der Waals surface area (Å²) in [6.07, 6.45) is 7.73. The molecule has 0 amide bonds. The second kappa shape index (κ2) is 5.99. The molecular weight excluding hydrogens is 220 g/mol. The van der Waals surface area contributed by atoms with E-state index in [4.69, 9.17) is 0 Å². The molecule has 1 N–H and O–H groups in total. The summed E-state index contributed by atoms with van der Waals surface area (Å²) in [7, 11) is 0. The van der Waals surface area contributed by atoms with Gasteiger partial charge >= 0.3 is 0 Å². The van der Waals surface area contributed by atoms with Crippen molar-refractivity contribution in [3.63, 3.8) is 0 Å². The highest BCUT2D eigenvalue weighted by molar-refractivity contribution is 5.43. The number of halogens is 2. The fourth-order valence-electron chi connectivity index (χ4n) is 2.55. The Labute approximate surface area is 101 Å². The maximum Gasteiger partial charge on any atom is 0.128 e. The lowest BCUT2D eigenvalue weighted by molar-refractivity contribution is 0.345. The Kier molecular flexibility index (Phi) is 4.35. The number of nitrogens with one attached hydrogen (secondary N) is 1. The summed E-state index contributed by atoms with van der Waals surface area (Å²) >= 11 is 0. The number of hydrogen-bond donors (Lipinski definition) is 1. The molecule has 1 fully saturated rings. The van der Waals surface area contributed by atoms with Gasteiger partial charge in [-0.15, -0.1) is 0 Å². The fraction of sp³-hybridized carbons (Fsp3) is 0.571. The van der Waals surface area contributed by atoms with Crippen molar-refractivity contribution >= 4 is 5.69 Å². The quantitative estimate of drug-likeness (QED) is 0.823. The number of rotatable bonds is 4. The third kappa shape index (κ3) is 3.99. The molecule has 0 radical (unpaired) electrons. The van der Waals surface area contributed by atoms with Crippen LogP contribution in [-0.4, -0.2) is 6.54 Å². The average Bonchev–Trinajstić information content (AvgIpc) is 2.29. The highest BCUT2D eigenvalue weighted by Crippen LogP contribution is 2.26. The van der Waals surface area contributed by atoms with Crippen LogP contribution in [0.5, 0.6) is 0 Å². The first-order valence-electron chi connectivity index (χ1n) is 6.44. The molecule has 1 nitrogen and oxygen atoms in total. The second-order valence-electron chi connectivity index (χ2n) is 4.88. The lowest BCUT2D eigenvalue weighted by Gasteiger charge is -2.21. The molecule has 0 unspecified atom stereocenters. The molecule has 1 aromatic carbocycles. The largest absolute Gasteiger partial charge is 0.385 e. The summed E-state index contributed by atoms with van der Waals surface area (Å²) in [6, 6.07) is 3.57. The molecule has 1 saturated carbocycles. The van der Waals surface area contributed by atoms with E-state index in [0.717, 1.165) is 24.9 Å². The monoisotopic (exact) mass is 239 g/mol. The van der Waals surface area contributed by atoms with Gasteiger partial charge in [-0.05, 0) is 24.5 Å². The van der Waals surface area contributed by atoms with E-state index >= 15 is 0 Å². The molecule has 0 heterocycles. The Balaban J connectivity index is 1.77. The minimum Gasteiger partial charge on any atom is -0.385 e. The summed E-state index contributed by atoms with van der Waals surface area (Å²) < 4.78 is 25.9. The Morgan fingerprint density at radius 1 is 1.00 bits per heavy atom. The zero-order valence-electron chi connectivity index (χ0n) is 10.0. The summed E-state index contributed by atoms with van der Waals surface area (Å²) in [6.45, 7) is 0.799. The van der Waals surface area contributed by atoms with Crippen molar-refractivity contribution in [2.24, 2.45) is 5.92 Å². The van der Waals surface area contributed by atoms with Gasteiger partial charge in [-0.3, -0.25) is 0 Å².